The van der Waals surface area contributed by atoms with Crippen molar-refractivity contribution in [3.8, 4) is 0 Å². The zero-order chi connectivity index (χ0) is 11.5. The van der Waals surface area contributed by atoms with Crippen LogP contribution >= 0.6 is 27.3 Å². The normalized spacial score (nSPS) is 10.9. The number of hydrogen-bond acceptors (Lipinski definition) is 3. The molecule has 0 aliphatic rings. The predicted octanol–water partition coefficient (Wildman–Crippen LogP) is 3.28. The minimum Gasteiger partial charge on any atom is -0.245 e. The fraction of sp³-hybridized carbons (Fsp3) is 0.455. The van der Waals surface area contributed by atoms with E-state index in [2.05, 4.69) is 51.3 Å². The van der Waals surface area contributed by atoms with Crippen molar-refractivity contribution < 1.29 is 0 Å². The molecule has 0 atom stereocenters. The van der Waals surface area contributed by atoms with Crippen LogP contribution in [0, 0.1) is 0 Å². The Morgan fingerprint density at radius 2 is 2.19 bits per heavy atom. The van der Waals surface area contributed by atoms with Crippen LogP contribution in [0.1, 0.15) is 30.4 Å². The van der Waals surface area contributed by atoms with Crippen molar-refractivity contribution in [1.82, 2.24) is 14.8 Å². The Morgan fingerprint density at radius 1 is 1.38 bits per heavy atom. The zero-order valence-electron chi connectivity index (χ0n) is 9.40. The molecule has 0 saturated carbocycles. The van der Waals surface area contributed by atoms with Gasteiger partial charge in [-0.25, -0.2) is 9.67 Å². The molecular weight excluding hydrogens is 286 g/mol. The minimum atomic E-state index is 0.826. The average Bonchev–Trinajstić information content (AvgIpc) is 2.85. The lowest BCUT2D eigenvalue weighted by Gasteiger charge is -2.01. The van der Waals surface area contributed by atoms with Crippen molar-refractivity contribution >= 4 is 27.3 Å². The van der Waals surface area contributed by atoms with Gasteiger partial charge in [-0.15, -0.1) is 11.3 Å². The van der Waals surface area contributed by atoms with E-state index in [1.165, 1.54) is 4.88 Å². The van der Waals surface area contributed by atoms with E-state index < -0.39 is 0 Å². The Morgan fingerprint density at radius 3 is 2.75 bits per heavy atom. The van der Waals surface area contributed by atoms with Crippen LogP contribution in [0.3, 0.4) is 0 Å². The third-order valence-electron chi connectivity index (χ3n) is 2.35. The van der Waals surface area contributed by atoms with Gasteiger partial charge in [0.05, 0.1) is 6.54 Å². The molecule has 0 radical (unpaired) electrons. The van der Waals surface area contributed by atoms with Crippen molar-refractivity contribution in [3.05, 3.63) is 32.4 Å². The molecule has 0 aliphatic heterocycles. The highest BCUT2D eigenvalue weighted by atomic mass is 79.9. The number of aryl methyl sites for hydroxylation is 2. The summed E-state index contributed by atoms with van der Waals surface area (Å²) in [6.07, 6.45) is 1.83. The minimum absolute atomic E-state index is 0.826. The first-order valence-corrected chi connectivity index (χ1v) is 7.05. The van der Waals surface area contributed by atoms with E-state index in [4.69, 9.17) is 0 Å². The molecule has 0 fully saturated rings. The molecule has 86 valence electrons. The highest BCUT2D eigenvalue weighted by Crippen LogP contribution is 2.20. The van der Waals surface area contributed by atoms with Crippen LogP contribution in [0.25, 0.3) is 0 Å². The lowest BCUT2D eigenvalue weighted by atomic mass is 10.4. The van der Waals surface area contributed by atoms with Gasteiger partial charge in [0.15, 0.2) is 5.82 Å². The SMILES string of the molecule is CCc1nc(CC)n(Cc2cc(Br)cs2)n1. The van der Waals surface area contributed by atoms with E-state index in [1.807, 2.05) is 4.68 Å². The van der Waals surface area contributed by atoms with E-state index in [1.54, 1.807) is 11.3 Å². The molecule has 0 amide bonds. The molecular formula is C11H14BrN3S. The van der Waals surface area contributed by atoms with E-state index in [0.717, 1.165) is 35.5 Å². The second-order valence-corrected chi connectivity index (χ2v) is 5.45. The summed E-state index contributed by atoms with van der Waals surface area (Å²) in [5.74, 6) is 2.01. The number of nitrogens with zero attached hydrogens (tertiary/aromatic N) is 3. The molecule has 0 aromatic carbocycles. The summed E-state index contributed by atoms with van der Waals surface area (Å²) in [6.45, 7) is 5.03. The number of halogens is 1. The van der Waals surface area contributed by atoms with Crippen molar-refractivity contribution in [2.24, 2.45) is 0 Å². The van der Waals surface area contributed by atoms with Crippen LogP contribution in [0.2, 0.25) is 0 Å². The van der Waals surface area contributed by atoms with Gasteiger partial charge in [-0.3, -0.25) is 0 Å². The molecule has 2 rings (SSSR count). The average molecular weight is 300 g/mol. The van der Waals surface area contributed by atoms with Gasteiger partial charge in [0.2, 0.25) is 0 Å². The first-order chi connectivity index (χ1) is 7.72. The summed E-state index contributed by atoms with van der Waals surface area (Å²) >= 11 is 5.21. The van der Waals surface area contributed by atoms with Gasteiger partial charge in [0, 0.05) is 27.6 Å². The molecule has 0 N–H and O–H groups in total. The van der Waals surface area contributed by atoms with Crippen molar-refractivity contribution in [3.63, 3.8) is 0 Å². The van der Waals surface area contributed by atoms with Gasteiger partial charge in [-0.1, -0.05) is 13.8 Å². The van der Waals surface area contributed by atoms with E-state index >= 15 is 0 Å². The van der Waals surface area contributed by atoms with Crippen LogP contribution in [0.5, 0.6) is 0 Å². The fourth-order valence-electron chi connectivity index (χ4n) is 1.55. The topological polar surface area (TPSA) is 30.7 Å². The van der Waals surface area contributed by atoms with Gasteiger partial charge < -0.3 is 0 Å². The van der Waals surface area contributed by atoms with Crippen molar-refractivity contribution in [1.29, 1.82) is 0 Å². The Kier molecular flexibility index (Phi) is 3.76. The molecule has 5 heteroatoms. The zero-order valence-corrected chi connectivity index (χ0v) is 11.8. The molecule has 2 aromatic rings. The number of thiophene rings is 1. The lowest BCUT2D eigenvalue weighted by molar-refractivity contribution is 0.643. The monoisotopic (exact) mass is 299 g/mol. The standard InChI is InChI=1S/C11H14BrN3S/c1-3-10-13-11(4-2)15(14-10)6-9-5-8(12)7-16-9/h5,7H,3-4,6H2,1-2H3. The first kappa shape index (κ1) is 11.8. The number of aromatic nitrogens is 3. The maximum atomic E-state index is 4.50. The quantitative estimate of drug-likeness (QED) is 0.867. The highest BCUT2D eigenvalue weighted by molar-refractivity contribution is 9.10. The molecule has 0 spiro atoms. The molecule has 0 saturated heterocycles. The summed E-state index contributed by atoms with van der Waals surface area (Å²) in [5.41, 5.74) is 0. The number of rotatable bonds is 4. The van der Waals surface area contributed by atoms with Gasteiger partial charge in [0.1, 0.15) is 5.82 Å². The van der Waals surface area contributed by atoms with Crippen LogP contribution in [-0.2, 0) is 19.4 Å². The fourth-order valence-corrected chi connectivity index (χ4v) is 2.98. The molecule has 2 heterocycles. The number of hydrogen-bond donors (Lipinski definition) is 0. The first-order valence-electron chi connectivity index (χ1n) is 5.38. The second-order valence-electron chi connectivity index (χ2n) is 3.54. The molecule has 0 unspecified atom stereocenters. The van der Waals surface area contributed by atoms with Crippen molar-refractivity contribution in [2.45, 2.75) is 33.2 Å². The Bertz CT molecular complexity index is 475. The Labute approximate surface area is 108 Å². The van der Waals surface area contributed by atoms with E-state index in [-0.39, 0.29) is 0 Å². The molecule has 0 bridgehead atoms. The molecule has 0 aliphatic carbocycles. The molecule has 3 nitrogen and oxygen atoms in total. The second kappa shape index (κ2) is 5.10. The predicted molar refractivity (Wildman–Crippen MR) is 69.9 cm³/mol. The highest BCUT2D eigenvalue weighted by Gasteiger charge is 2.08. The van der Waals surface area contributed by atoms with Crippen LogP contribution in [0.15, 0.2) is 15.9 Å². The third-order valence-corrected chi connectivity index (χ3v) is 4.03. The van der Waals surface area contributed by atoms with Gasteiger partial charge in [0.25, 0.3) is 0 Å². The van der Waals surface area contributed by atoms with Gasteiger partial charge in [-0.2, -0.15) is 5.10 Å². The summed E-state index contributed by atoms with van der Waals surface area (Å²) < 4.78 is 3.15. The maximum absolute atomic E-state index is 4.50. The van der Waals surface area contributed by atoms with Crippen LogP contribution in [-0.4, -0.2) is 14.8 Å². The van der Waals surface area contributed by atoms with Crippen molar-refractivity contribution in [2.75, 3.05) is 0 Å². The smallest absolute Gasteiger partial charge is 0.150 e. The molecule has 2 aromatic heterocycles. The van der Waals surface area contributed by atoms with Gasteiger partial charge in [-0.05, 0) is 22.0 Å². The van der Waals surface area contributed by atoms with E-state index in [9.17, 15) is 0 Å². The summed E-state index contributed by atoms with van der Waals surface area (Å²) in [4.78, 5) is 5.80. The summed E-state index contributed by atoms with van der Waals surface area (Å²) in [6, 6.07) is 2.14. The Hall–Kier alpha value is -0.680. The Balaban J connectivity index is 2.22. The van der Waals surface area contributed by atoms with E-state index in [0.29, 0.717) is 0 Å². The van der Waals surface area contributed by atoms with Crippen LogP contribution < -0.4 is 0 Å². The van der Waals surface area contributed by atoms with Crippen LogP contribution in [0.4, 0.5) is 0 Å². The largest absolute Gasteiger partial charge is 0.245 e. The lowest BCUT2D eigenvalue weighted by Crippen LogP contribution is -2.05. The third kappa shape index (κ3) is 2.52. The molecule has 16 heavy (non-hydrogen) atoms. The summed E-state index contributed by atoms with van der Waals surface area (Å²) in [7, 11) is 0. The van der Waals surface area contributed by atoms with Gasteiger partial charge >= 0.3 is 0 Å². The summed E-state index contributed by atoms with van der Waals surface area (Å²) in [5, 5.41) is 6.60. The maximum Gasteiger partial charge on any atom is 0.150 e.